The second-order valence-corrected chi connectivity index (χ2v) is 15.0. The summed E-state index contributed by atoms with van der Waals surface area (Å²) in [5.74, 6) is 0. The second kappa shape index (κ2) is 14.1. The van der Waals surface area contributed by atoms with Crippen LogP contribution in [-0.4, -0.2) is 0 Å². The van der Waals surface area contributed by atoms with Crippen molar-refractivity contribution in [3.63, 3.8) is 0 Å². The summed E-state index contributed by atoms with van der Waals surface area (Å²) < 4.78 is 0. The molecule has 0 saturated heterocycles. The van der Waals surface area contributed by atoms with Crippen LogP contribution in [0.25, 0.3) is 65.0 Å². The minimum absolute atomic E-state index is 1.11. The lowest BCUT2D eigenvalue weighted by Crippen LogP contribution is -2.11. The number of rotatable bonds is 7. The minimum atomic E-state index is 1.11. The number of nitrogens with zero attached hydrogens (tertiary/aromatic N) is 2. The molecule has 0 amide bonds. The normalized spacial score (nSPS) is 11.4. The van der Waals surface area contributed by atoms with Crippen LogP contribution in [0, 0.1) is 0 Å². The lowest BCUT2D eigenvalue weighted by Gasteiger charge is -2.28. The van der Waals surface area contributed by atoms with Crippen LogP contribution in [0.4, 0.5) is 34.1 Å². The fraction of sp³-hybridized carbons (Fsp3) is 0. The van der Waals surface area contributed by atoms with Crippen LogP contribution in [0.2, 0.25) is 0 Å². The minimum Gasteiger partial charge on any atom is -0.311 e. The summed E-state index contributed by atoms with van der Waals surface area (Å²) in [7, 11) is 0. The molecule has 0 aliphatic carbocycles. The second-order valence-electron chi connectivity index (χ2n) is 15.0. The Kier molecular flexibility index (Phi) is 8.19. The Bertz CT molecular complexity index is 3160. The zero-order valence-corrected chi connectivity index (χ0v) is 31.8. The molecule has 0 atom stereocenters. The van der Waals surface area contributed by atoms with E-state index >= 15 is 0 Å². The van der Waals surface area contributed by atoms with Gasteiger partial charge in [0, 0.05) is 33.8 Å². The third kappa shape index (κ3) is 5.82. The van der Waals surface area contributed by atoms with Crippen molar-refractivity contribution in [2.24, 2.45) is 0 Å². The third-order valence-electron chi connectivity index (χ3n) is 11.5. The first-order valence-electron chi connectivity index (χ1n) is 19.9. The predicted molar refractivity (Wildman–Crippen MR) is 249 cm³/mol. The van der Waals surface area contributed by atoms with E-state index in [1.165, 1.54) is 65.0 Å². The highest BCUT2D eigenvalue weighted by molar-refractivity contribution is 6.26. The number of para-hydroxylation sites is 2. The smallest absolute Gasteiger partial charge is 0.0546 e. The zero-order chi connectivity index (χ0) is 38.4. The van der Waals surface area contributed by atoms with Gasteiger partial charge in [-0.2, -0.15) is 0 Å². The molecule has 11 aromatic rings. The van der Waals surface area contributed by atoms with Crippen LogP contribution in [0.5, 0.6) is 0 Å². The highest BCUT2D eigenvalue weighted by atomic mass is 15.1. The summed E-state index contributed by atoms with van der Waals surface area (Å²) in [6, 6.07) is 83.8. The molecule has 0 heterocycles. The molecule has 0 radical (unpaired) electrons. The van der Waals surface area contributed by atoms with E-state index in [4.69, 9.17) is 0 Å². The van der Waals surface area contributed by atoms with Gasteiger partial charge in [0.25, 0.3) is 0 Å². The van der Waals surface area contributed by atoms with E-state index in [9.17, 15) is 0 Å². The van der Waals surface area contributed by atoms with Crippen molar-refractivity contribution in [1.82, 2.24) is 0 Å². The van der Waals surface area contributed by atoms with Crippen LogP contribution in [0.3, 0.4) is 0 Å². The van der Waals surface area contributed by atoms with E-state index in [2.05, 4.69) is 240 Å². The first kappa shape index (κ1) is 33.6. The first-order chi connectivity index (χ1) is 28.8. The van der Waals surface area contributed by atoms with E-state index < -0.39 is 0 Å². The standard InChI is InChI=1S/C56H38N2/c1-3-19-45(20-4-1)57(46-21-5-2-6-22-46)47-31-29-41(30-32-47)54-37-44-38-55(51-24-12-14-26-53(51)56(44)52-25-13-11-23-50(52)54)58(48-33-27-39-15-7-9-17-42(39)35-48)49-34-28-40-16-8-10-18-43(40)36-49/h1-38H. The van der Waals surface area contributed by atoms with Gasteiger partial charge in [0.05, 0.1) is 5.69 Å². The summed E-state index contributed by atoms with van der Waals surface area (Å²) in [5.41, 5.74) is 9.14. The Morgan fingerprint density at radius 1 is 0.241 bits per heavy atom. The maximum Gasteiger partial charge on any atom is 0.0546 e. The summed E-state index contributed by atoms with van der Waals surface area (Å²) in [4.78, 5) is 4.76. The van der Waals surface area contributed by atoms with Gasteiger partial charge in [0.2, 0.25) is 0 Å². The van der Waals surface area contributed by atoms with E-state index in [0.29, 0.717) is 0 Å². The summed E-state index contributed by atoms with van der Waals surface area (Å²) in [5, 5.41) is 12.3. The lowest BCUT2D eigenvalue weighted by atomic mass is 9.89. The average Bonchev–Trinajstić information content (AvgIpc) is 3.30. The average molecular weight is 739 g/mol. The Morgan fingerprint density at radius 2 is 0.672 bits per heavy atom. The SMILES string of the molecule is c1ccc(N(c2ccccc2)c2ccc(-c3cc4cc(N(c5ccc6ccccc6c5)c5ccc6ccccc6c5)c5ccccc5c4c4ccccc34)cc2)cc1. The maximum absolute atomic E-state index is 2.45. The van der Waals surface area contributed by atoms with Gasteiger partial charge in [-0.1, -0.05) is 158 Å². The molecule has 0 aliphatic rings. The maximum atomic E-state index is 2.45. The van der Waals surface area contributed by atoms with E-state index in [1.807, 2.05) is 0 Å². The molecule has 0 spiro atoms. The topological polar surface area (TPSA) is 6.48 Å². The van der Waals surface area contributed by atoms with Crippen LogP contribution in [0.1, 0.15) is 0 Å². The van der Waals surface area contributed by atoms with Crippen molar-refractivity contribution in [2.45, 2.75) is 0 Å². The predicted octanol–water partition coefficient (Wildman–Crippen LogP) is 16.1. The summed E-state index contributed by atoms with van der Waals surface area (Å²) in [6.07, 6.45) is 0. The lowest BCUT2D eigenvalue weighted by molar-refractivity contribution is 1.28. The van der Waals surface area contributed by atoms with Crippen molar-refractivity contribution in [1.29, 1.82) is 0 Å². The highest BCUT2D eigenvalue weighted by Gasteiger charge is 2.21. The fourth-order valence-corrected chi connectivity index (χ4v) is 8.83. The van der Waals surface area contributed by atoms with Crippen LogP contribution >= 0.6 is 0 Å². The molecule has 2 heteroatoms. The van der Waals surface area contributed by atoms with E-state index in [-0.39, 0.29) is 0 Å². The first-order valence-corrected chi connectivity index (χ1v) is 19.9. The molecule has 0 bridgehead atoms. The highest BCUT2D eigenvalue weighted by Crippen LogP contribution is 2.46. The van der Waals surface area contributed by atoms with Gasteiger partial charge >= 0.3 is 0 Å². The molecule has 0 N–H and O–H groups in total. The molecular weight excluding hydrogens is 701 g/mol. The summed E-state index contributed by atoms with van der Waals surface area (Å²) in [6.45, 7) is 0. The third-order valence-corrected chi connectivity index (χ3v) is 11.5. The molecule has 0 aliphatic heterocycles. The molecule has 11 rings (SSSR count). The van der Waals surface area contributed by atoms with Crippen molar-refractivity contribution < 1.29 is 0 Å². The summed E-state index contributed by atoms with van der Waals surface area (Å²) >= 11 is 0. The van der Waals surface area contributed by atoms with Gasteiger partial charge in [-0.3, -0.25) is 0 Å². The Balaban J connectivity index is 1.13. The molecule has 0 unspecified atom stereocenters. The largest absolute Gasteiger partial charge is 0.311 e. The molecule has 0 saturated carbocycles. The molecule has 0 aromatic heterocycles. The van der Waals surface area contributed by atoms with Crippen LogP contribution < -0.4 is 9.80 Å². The fourth-order valence-electron chi connectivity index (χ4n) is 8.83. The molecule has 58 heavy (non-hydrogen) atoms. The van der Waals surface area contributed by atoms with E-state index in [0.717, 1.165) is 34.1 Å². The molecule has 11 aromatic carbocycles. The van der Waals surface area contributed by atoms with E-state index in [1.54, 1.807) is 0 Å². The quantitative estimate of drug-likeness (QED) is 0.150. The monoisotopic (exact) mass is 738 g/mol. The van der Waals surface area contributed by atoms with Gasteiger partial charge in [0.15, 0.2) is 0 Å². The molecule has 272 valence electrons. The van der Waals surface area contributed by atoms with Crippen molar-refractivity contribution in [3.05, 3.63) is 231 Å². The Labute approximate surface area is 338 Å². The number of hydrogen-bond acceptors (Lipinski definition) is 2. The number of hydrogen-bond donors (Lipinski definition) is 0. The van der Waals surface area contributed by atoms with Crippen molar-refractivity contribution in [3.8, 4) is 11.1 Å². The van der Waals surface area contributed by atoms with Crippen molar-refractivity contribution in [2.75, 3.05) is 9.80 Å². The molecular formula is C56H38N2. The van der Waals surface area contributed by atoms with Gasteiger partial charge in [-0.25, -0.2) is 0 Å². The Hall–Kier alpha value is -7.68. The zero-order valence-electron chi connectivity index (χ0n) is 31.8. The number of anilines is 6. The van der Waals surface area contributed by atoms with Crippen LogP contribution in [-0.2, 0) is 0 Å². The molecule has 0 fully saturated rings. The Morgan fingerprint density at radius 3 is 1.24 bits per heavy atom. The number of benzene rings is 11. The van der Waals surface area contributed by atoms with Gasteiger partial charge < -0.3 is 9.80 Å². The number of fused-ring (bicyclic) bond motifs is 7. The van der Waals surface area contributed by atoms with Crippen molar-refractivity contribution >= 4 is 88.0 Å². The van der Waals surface area contributed by atoms with Gasteiger partial charge in [-0.15, -0.1) is 0 Å². The van der Waals surface area contributed by atoms with Gasteiger partial charge in [-0.05, 0) is 132 Å². The van der Waals surface area contributed by atoms with Crippen LogP contribution in [0.15, 0.2) is 231 Å². The van der Waals surface area contributed by atoms with Gasteiger partial charge in [0.1, 0.15) is 0 Å². The molecule has 2 nitrogen and oxygen atoms in total.